The van der Waals surface area contributed by atoms with Crippen LogP contribution >= 0.6 is 0 Å². The molecular weight excluding hydrogens is 272 g/mol. The highest BCUT2D eigenvalue weighted by Gasteiger charge is 2.36. The first-order chi connectivity index (χ1) is 10.1. The van der Waals surface area contributed by atoms with Crippen molar-refractivity contribution in [1.82, 2.24) is 14.9 Å². The van der Waals surface area contributed by atoms with Crippen LogP contribution in [-0.2, 0) is 9.59 Å². The fraction of sp³-hybridized carbons (Fsp3) is 0.231. The van der Waals surface area contributed by atoms with Crippen LogP contribution in [0.15, 0.2) is 24.3 Å². The van der Waals surface area contributed by atoms with Crippen molar-refractivity contribution >= 4 is 34.5 Å². The van der Waals surface area contributed by atoms with Crippen LogP contribution in [-0.4, -0.2) is 39.8 Å². The number of para-hydroxylation sites is 1. The Kier molecular flexibility index (Phi) is 3.15. The molecule has 8 heteroatoms. The Morgan fingerprint density at radius 3 is 2.71 bits per heavy atom. The number of benzene rings is 1. The average molecular weight is 286 g/mol. The van der Waals surface area contributed by atoms with Gasteiger partial charge in [0.2, 0.25) is 11.9 Å². The Morgan fingerprint density at radius 2 is 2.05 bits per heavy atom. The van der Waals surface area contributed by atoms with Crippen molar-refractivity contribution in [3.8, 4) is 0 Å². The number of carbonyl (C=O) groups excluding carboxylic acids is 2. The first-order valence-electron chi connectivity index (χ1n) is 6.40. The highest BCUT2D eigenvalue weighted by Crippen LogP contribution is 2.24. The zero-order valence-electron chi connectivity index (χ0n) is 11.3. The number of likely N-dealkylation sites (tertiary alicyclic amines) is 1. The van der Waals surface area contributed by atoms with Gasteiger partial charge in [0.25, 0.3) is 5.91 Å². The van der Waals surface area contributed by atoms with Crippen LogP contribution in [0.4, 0.5) is 11.8 Å². The maximum Gasteiger partial charge on any atom is 0.251 e. The lowest BCUT2D eigenvalue weighted by molar-refractivity contribution is -0.136. The summed E-state index contributed by atoms with van der Waals surface area (Å²) in [6.45, 7) is 0. The number of likely N-dealkylation sites (N-methyl/N-ethyl adjacent to an activating group) is 1. The van der Waals surface area contributed by atoms with Gasteiger partial charge >= 0.3 is 0 Å². The standard InChI is InChI=1S/C13H14N6O2/c1-19-10(20)6-9(12(19)21)15-11-7-4-2-3-5-8(7)16-13(17-11)18-14/h2-5,9H,6,14H2,1H3,(H2,15,16,17,18). The number of imide groups is 1. The third-order valence-corrected chi connectivity index (χ3v) is 3.42. The van der Waals surface area contributed by atoms with Crippen LogP contribution in [0, 0.1) is 0 Å². The zero-order chi connectivity index (χ0) is 15.0. The SMILES string of the molecule is CN1C(=O)CC(Nc2nc(NN)nc3ccccc23)C1=O. The number of nitrogen functional groups attached to an aromatic ring is 1. The molecule has 3 rings (SSSR count). The van der Waals surface area contributed by atoms with E-state index in [1.165, 1.54) is 7.05 Å². The molecule has 2 aromatic rings. The summed E-state index contributed by atoms with van der Waals surface area (Å²) in [7, 11) is 1.47. The molecule has 0 radical (unpaired) electrons. The van der Waals surface area contributed by atoms with E-state index in [2.05, 4.69) is 20.7 Å². The van der Waals surface area contributed by atoms with Gasteiger partial charge in [0.1, 0.15) is 11.9 Å². The fourth-order valence-electron chi connectivity index (χ4n) is 2.28. The van der Waals surface area contributed by atoms with Crippen molar-refractivity contribution in [3.05, 3.63) is 24.3 Å². The second-order valence-corrected chi connectivity index (χ2v) is 4.75. The molecule has 108 valence electrons. The second kappa shape index (κ2) is 4.98. The number of hydrogen-bond donors (Lipinski definition) is 3. The summed E-state index contributed by atoms with van der Waals surface area (Å²) in [5.41, 5.74) is 3.08. The Hall–Kier alpha value is -2.74. The molecule has 1 aliphatic heterocycles. The minimum Gasteiger partial charge on any atom is -0.357 e. The Labute approximate surface area is 120 Å². The maximum atomic E-state index is 12.0. The predicted molar refractivity (Wildman–Crippen MR) is 77.2 cm³/mol. The molecule has 1 aliphatic rings. The lowest BCUT2D eigenvalue weighted by Gasteiger charge is -2.14. The van der Waals surface area contributed by atoms with E-state index >= 15 is 0 Å². The van der Waals surface area contributed by atoms with Gasteiger partial charge in [-0.25, -0.2) is 10.8 Å². The molecule has 1 saturated heterocycles. The number of amides is 2. The summed E-state index contributed by atoms with van der Waals surface area (Å²) in [5.74, 6) is 5.57. The summed E-state index contributed by atoms with van der Waals surface area (Å²) in [6, 6.07) is 6.73. The number of fused-ring (bicyclic) bond motifs is 1. The van der Waals surface area contributed by atoms with Gasteiger partial charge in [0.15, 0.2) is 0 Å². The van der Waals surface area contributed by atoms with Gasteiger partial charge in [-0.2, -0.15) is 4.98 Å². The van der Waals surface area contributed by atoms with E-state index in [-0.39, 0.29) is 24.2 Å². The molecule has 0 saturated carbocycles. The van der Waals surface area contributed by atoms with Crippen LogP contribution in [0.25, 0.3) is 10.9 Å². The van der Waals surface area contributed by atoms with E-state index in [1.807, 2.05) is 24.3 Å². The normalized spacial score (nSPS) is 18.4. The van der Waals surface area contributed by atoms with Gasteiger partial charge in [0, 0.05) is 12.4 Å². The lowest BCUT2D eigenvalue weighted by Crippen LogP contribution is -2.32. The third kappa shape index (κ3) is 2.25. The van der Waals surface area contributed by atoms with Crippen molar-refractivity contribution in [3.63, 3.8) is 0 Å². The highest BCUT2D eigenvalue weighted by atomic mass is 16.2. The molecule has 0 bridgehead atoms. The molecule has 4 N–H and O–H groups in total. The number of hydrazine groups is 1. The van der Waals surface area contributed by atoms with Gasteiger partial charge in [0.05, 0.1) is 11.9 Å². The second-order valence-electron chi connectivity index (χ2n) is 4.75. The molecule has 8 nitrogen and oxygen atoms in total. The monoisotopic (exact) mass is 286 g/mol. The van der Waals surface area contributed by atoms with Crippen LogP contribution in [0.3, 0.4) is 0 Å². The van der Waals surface area contributed by atoms with Crippen LogP contribution in [0.5, 0.6) is 0 Å². The third-order valence-electron chi connectivity index (χ3n) is 3.42. The molecule has 0 spiro atoms. The molecule has 0 aliphatic carbocycles. The van der Waals surface area contributed by atoms with Crippen LogP contribution in [0.2, 0.25) is 0 Å². The Balaban J connectivity index is 2.00. The van der Waals surface area contributed by atoms with E-state index in [0.29, 0.717) is 11.3 Å². The van der Waals surface area contributed by atoms with Crippen molar-refractivity contribution in [1.29, 1.82) is 0 Å². The van der Waals surface area contributed by atoms with Gasteiger partial charge < -0.3 is 5.32 Å². The van der Waals surface area contributed by atoms with Crippen molar-refractivity contribution < 1.29 is 9.59 Å². The highest BCUT2D eigenvalue weighted by molar-refractivity contribution is 6.07. The largest absolute Gasteiger partial charge is 0.357 e. The average Bonchev–Trinajstić information content (AvgIpc) is 2.74. The molecule has 1 aromatic carbocycles. The van der Waals surface area contributed by atoms with Gasteiger partial charge in [-0.15, -0.1) is 0 Å². The number of rotatable bonds is 3. The fourth-order valence-corrected chi connectivity index (χ4v) is 2.28. The molecule has 2 amide bonds. The number of carbonyl (C=O) groups is 2. The molecule has 21 heavy (non-hydrogen) atoms. The van der Waals surface area contributed by atoms with E-state index < -0.39 is 6.04 Å². The summed E-state index contributed by atoms with van der Waals surface area (Å²) in [5, 5.41) is 3.77. The van der Waals surface area contributed by atoms with Crippen LogP contribution in [0.1, 0.15) is 6.42 Å². The van der Waals surface area contributed by atoms with Crippen LogP contribution < -0.4 is 16.6 Å². The summed E-state index contributed by atoms with van der Waals surface area (Å²) in [4.78, 5) is 33.1. The number of aromatic nitrogens is 2. The molecular formula is C13H14N6O2. The smallest absolute Gasteiger partial charge is 0.251 e. The lowest BCUT2D eigenvalue weighted by atomic mass is 10.2. The summed E-state index contributed by atoms with van der Waals surface area (Å²) in [6.07, 6.45) is 0.110. The van der Waals surface area contributed by atoms with Crippen molar-refractivity contribution in [2.45, 2.75) is 12.5 Å². The van der Waals surface area contributed by atoms with Crippen molar-refractivity contribution in [2.24, 2.45) is 5.84 Å². The first-order valence-corrected chi connectivity index (χ1v) is 6.40. The van der Waals surface area contributed by atoms with Gasteiger partial charge in [-0.05, 0) is 12.1 Å². The Morgan fingerprint density at radius 1 is 1.29 bits per heavy atom. The van der Waals surface area contributed by atoms with Gasteiger partial charge in [-0.3, -0.25) is 19.9 Å². The van der Waals surface area contributed by atoms with E-state index in [9.17, 15) is 9.59 Å². The van der Waals surface area contributed by atoms with E-state index in [0.717, 1.165) is 10.3 Å². The predicted octanol–water partition coefficient (Wildman–Crippen LogP) is 0.0846. The number of nitrogens with one attached hydrogen (secondary N) is 2. The van der Waals surface area contributed by atoms with E-state index in [1.54, 1.807) is 0 Å². The minimum absolute atomic E-state index is 0.110. The Bertz CT molecular complexity index is 732. The van der Waals surface area contributed by atoms with Crippen molar-refractivity contribution in [2.75, 3.05) is 17.8 Å². The van der Waals surface area contributed by atoms with E-state index in [4.69, 9.17) is 5.84 Å². The molecule has 1 fully saturated rings. The number of hydrogen-bond acceptors (Lipinski definition) is 7. The topological polar surface area (TPSA) is 113 Å². The maximum absolute atomic E-state index is 12.0. The number of anilines is 2. The summed E-state index contributed by atoms with van der Waals surface area (Å²) < 4.78 is 0. The zero-order valence-corrected chi connectivity index (χ0v) is 11.3. The summed E-state index contributed by atoms with van der Waals surface area (Å²) >= 11 is 0. The molecule has 1 aromatic heterocycles. The number of nitrogens with two attached hydrogens (primary N) is 1. The molecule has 1 unspecified atom stereocenters. The number of nitrogens with zero attached hydrogens (tertiary/aromatic N) is 3. The minimum atomic E-state index is -0.619. The van der Waals surface area contributed by atoms with Gasteiger partial charge in [-0.1, -0.05) is 12.1 Å². The molecule has 2 heterocycles. The molecule has 1 atom stereocenters. The quantitative estimate of drug-likeness (QED) is 0.416. The first kappa shape index (κ1) is 13.3.